The minimum atomic E-state index is -0.410. The summed E-state index contributed by atoms with van der Waals surface area (Å²) in [7, 11) is 0. The zero-order chi connectivity index (χ0) is 20.1. The maximum atomic E-state index is 12.4. The first kappa shape index (κ1) is 19.2. The summed E-state index contributed by atoms with van der Waals surface area (Å²) >= 11 is 0. The Morgan fingerprint density at radius 3 is 2.71 bits per heavy atom. The summed E-state index contributed by atoms with van der Waals surface area (Å²) in [6.45, 7) is 6.48. The molecule has 1 amide bonds. The quantitative estimate of drug-likeness (QED) is 0.625. The molecule has 0 aliphatic rings. The normalized spacial score (nSPS) is 10.5. The molecule has 0 unspecified atom stereocenters. The summed E-state index contributed by atoms with van der Waals surface area (Å²) in [5.41, 5.74) is 3.09. The molecule has 0 atom stereocenters. The standard InChI is InChI=1S/C23H22N2O3/c1-15(2)19-10-8-16(3)12-22(19)27-14-18-9-11-21(28-18)23(26)25-20-7-5-4-6-17(20)13-24/h4-12,15H,14H2,1-3H3,(H,25,26). The van der Waals surface area contributed by atoms with Gasteiger partial charge in [0.25, 0.3) is 5.91 Å². The van der Waals surface area contributed by atoms with Crippen LogP contribution in [0.25, 0.3) is 0 Å². The van der Waals surface area contributed by atoms with Gasteiger partial charge in [-0.05, 0) is 54.3 Å². The van der Waals surface area contributed by atoms with E-state index in [2.05, 4.69) is 31.3 Å². The maximum absolute atomic E-state index is 12.4. The highest BCUT2D eigenvalue weighted by atomic mass is 16.5. The van der Waals surface area contributed by atoms with Crippen LogP contribution in [0.1, 0.15) is 52.8 Å². The number of hydrogen-bond acceptors (Lipinski definition) is 4. The molecule has 0 radical (unpaired) electrons. The Labute approximate surface area is 164 Å². The van der Waals surface area contributed by atoms with Gasteiger partial charge in [-0.1, -0.05) is 38.1 Å². The number of rotatable bonds is 6. The summed E-state index contributed by atoms with van der Waals surface area (Å²) in [5.74, 6) is 1.47. The molecule has 0 aliphatic heterocycles. The SMILES string of the molecule is Cc1ccc(C(C)C)c(OCc2ccc(C(=O)Nc3ccccc3C#N)o2)c1. The predicted octanol–water partition coefficient (Wildman–Crippen LogP) is 5.41. The Morgan fingerprint density at radius 1 is 1.18 bits per heavy atom. The van der Waals surface area contributed by atoms with Gasteiger partial charge >= 0.3 is 0 Å². The van der Waals surface area contributed by atoms with Gasteiger partial charge in [0.1, 0.15) is 24.2 Å². The van der Waals surface area contributed by atoms with Gasteiger partial charge in [0.05, 0.1) is 11.3 Å². The number of amides is 1. The fourth-order valence-corrected chi connectivity index (χ4v) is 2.84. The molecule has 0 saturated heterocycles. The molecular weight excluding hydrogens is 352 g/mol. The molecule has 0 spiro atoms. The minimum absolute atomic E-state index is 0.166. The van der Waals surface area contributed by atoms with E-state index < -0.39 is 5.91 Å². The van der Waals surface area contributed by atoms with Crippen molar-refractivity contribution in [2.75, 3.05) is 5.32 Å². The first-order chi connectivity index (χ1) is 13.5. The van der Waals surface area contributed by atoms with Crippen molar-refractivity contribution in [1.29, 1.82) is 5.26 Å². The summed E-state index contributed by atoms with van der Waals surface area (Å²) in [5, 5.41) is 11.8. The number of carbonyl (C=O) groups excluding carboxylic acids is 1. The predicted molar refractivity (Wildman–Crippen MR) is 107 cm³/mol. The monoisotopic (exact) mass is 374 g/mol. The number of nitriles is 1. The molecule has 0 saturated carbocycles. The molecule has 1 N–H and O–H groups in total. The number of aryl methyl sites for hydroxylation is 1. The van der Waals surface area contributed by atoms with Crippen molar-refractivity contribution in [2.45, 2.75) is 33.3 Å². The lowest BCUT2D eigenvalue weighted by Crippen LogP contribution is -2.11. The fourth-order valence-electron chi connectivity index (χ4n) is 2.84. The van der Waals surface area contributed by atoms with E-state index in [4.69, 9.17) is 14.4 Å². The Hall–Kier alpha value is -3.52. The molecule has 2 aromatic carbocycles. The van der Waals surface area contributed by atoms with Gasteiger partial charge in [-0.15, -0.1) is 0 Å². The second-order valence-electron chi connectivity index (χ2n) is 6.86. The van der Waals surface area contributed by atoms with Crippen LogP contribution < -0.4 is 10.1 Å². The van der Waals surface area contributed by atoms with E-state index in [0.717, 1.165) is 16.9 Å². The third-order valence-corrected chi connectivity index (χ3v) is 4.34. The topological polar surface area (TPSA) is 75.3 Å². The van der Waals surface area contributed by atoms with Gasteiger partial charge in [0.2, 0.25) is 0 Å². The van der Waals surface area contributed by atoms with Crippen molar-refractivity contribution in [3.05, 3.63) is 82.8 Å². The van der Waals surface area contributed by atoms with Crippen LogP contribution in [-0.2, 0) is 6.61 Å². The first-order valence-corrected chi connectivity index (χ1v) is 9.10. The van der Waals surface area contributed by atoms with Gasteiger partial charge in [-0.2, -0.15) is 5.26 Å². The molecule has 1 heterocycles. The number of ether oxygens (including phenoxy) is 1. The highest BCUT2D eigenvalue weighted by Gasteiger charge is 2.14. The van der Waals surface area contributed by atoms with Crippen LogP contribution in [0, 0.1) is 18.3 Å². The molecule has 142 valence electrons. The third-order valence-electron chi connectivity index (χ3n) is 4.34. The van der Waals surface area contributed by atoms with Gasteiger partial charge < -0.3 is 14.5 Å². The van der Waals surface area contributed by atoms with E-state index in [1.807, 2.05) is 19.1 Å². The molecule has 0 fully saturated rings. The van der Waals surface area contributed by atoms with Crippen LogP contribution in [-0.4, -0.2) is 5.91 Å². The van der Waals surface area contributed by atoms with Crippen molar-refractivity contribution >= 4 is 11.6 Å². The number of benzene rings is 2. The number of hydrogen-bond donors (Lipinski definition) is 1. The second kappa shape index (κ2) is 8.45. The van der Waals surface area contributed by atoms with E-state index in [0.29, 0.717) is 22.9 Å². The van der Waals surface area contributed by atoms with Crippen molar-refractivity contribution < 1.29 is 13.9 Å². The molecule has 1 aromatic heterocycles. The van der Waals surface area contributed by atoms with Crippen molar-refractivity contribution in [2.24, 2.45) is 0 Å². The number of para-hydroxylation sites is 1. The van der Waals surface area contributed by atoms with Gasteiger partial charge in [0.15, 0.2) is 5.76 Å². The molecular formula is C23H22N2O3. The molecule has 5 nitrogen and oxygen atoms in total. The van der Waals surface area contributed by atoms with Gasteiger partial charge in [-0.3, -0.25) is 4.79 Å². The number of nitrogens with one attached hydrogen (secondary N) is 1. The molecule has 5 heteroatoms. The minimum Gasteiger partial charge on any atom is -0.485 e. The molecule has 0 bridgehead atoms. The number of furan rings is 1. The third kappa shape index (κ3) is 4.41. The first-order valence-electron chi connectivity index (χ1n) is 9.10. The molecule has 3 aromatic rings. The Bertz CT molecular complexity index is 1030. The van der Waals surface area contributed by atoms with Crippen LogP contribution in [0.2, 0.25) is 0 Å². The van der Waals surface area contributed by atoms with E-state index >= 15 is 0 Å². The fraction of sp³-hybridized carbons (Fsp3) is 0.217. The zero-order valence-corrected chi connectivity index (χ0v) is 16.2. The van der Waals surface area contributed by atoms with Crippen molar-refractivity contribution in [3.63, 3.8) is 0 Å². The van der Waals surface area contributed by atoms with E-state index in [9.17, 15) is 4.79 Å². The van der Waals surface area contributed by atoms with E-state index in [1.54, 1.807) is 36.4 Å². The zero-order valence-electron chi connectivity index (χ0n) is 16.2. The van der Waals surface area contributed by atoms with Crippen LogP contribution in [0.3, 0.4) is 0 Å². The van der Waals surface area contributed by atoms with Crippen LogP contribution in [0.4, 0.5) is 5.69 Å². The van der Waals surface area contributed by atoms with E-state index in [-0.39, 0.29) is 12.4 Å². The average molecular weight is 374 g/mol. The highest BCUT2D eigenvalue weighted by molar-refractivity contribution is 6.03. The van der Waals surface area contributed by atoms with Crippen molar-refractivity contribution in [1.82, 2.24) is 0 Å². The van der Waals surface area contributed by atoms with Gasteiger partial charge in [-0.25, -0.2) is 0 Å². The number of anilines is 1. The lowest BCUT2D eigenvalue weighted by molar-refractivity contribution is 0.0992. The average Bonchev–Trinajstić information content (AvgIpc) is 3.16. The molecule has 28 heavy (non-hydrogen) atoms. The molecule has 0 aliphatic carbocycles. The summed E-state index contributed by atoms with van der Waals surface area (Å²) in [6, 6.07) is 18.3. The highest BCUT2D eigenvalue weighted by Crippen LogP contribution is 2.28. The largest absolute Gasteiger partial charge is 0.485 e. The lowest BCUT2D eigenvalue weighted by atomic mass is 10.0. The summed E-state index contributed by atoms with van der Waals surface area (Å²) < 4.78 is 11.6. The summed E-state index contributed by atoms with van der Waals surface area (Å²) in [6.07, 6.45) is 0. The second-order valence-corrected chi connectivity index (χ2v) is 6.86. The Kier molecular flexibility index (Phi) is 5.81. The smallest absolute Gasteiger partial charge is 0.291 e. The van der Waals surface area contributed by atoms with Crippen LogP contribution in [0.5, 0.6) is 5.75 Å². The Balaban J connectivity index is 1.69. The molecule has 3 rings (SSSR count). The summed E-state index contributed by atoms with van der Waals surface area (Å²) in [4.78, 5) is 12.4. The maximum Gasteiger partial charge on any atom is 0.291 e. The number of carbonyl (C=O) groups is 1. The number of nitrogens with zero attached hydrogens (tertiary/aromatic N) is 1. The Morgan fingerprint density at radius 2 is 1.96 bits per heavy atom. The lowest BCUT2D eigenvalue weighted by Gasteiger charge is -2.14. The van der Waals surface area contributed by atoms with Crippen LogP contribution >= 0.6 is 0 Å². The van der Waals surface area contributed by atoms with Crippen LogP contribution in [0.15, 0.2) is 59.0 Å². The van der Waals surface area contributed by atoms with E-state index in [1.165, 1.54) is 0 Å². The van der Waals surface area contributed by atoms with Gasteiger partial charge in [0, 0.05) is 0 Å². The van der Waals surface area contributed by atoms with Crippen molar-refractivity contribution in [3.8, 4) is 11.8 Å².